The van der Waals surface area contributed by atoms with Gasteiger partial charge in [0, 0.05) is 18.5 Å². The smallest absolute Gasteiger partial charge is 0.228 e. The number of nitrogens with one attached hydrogen (secondary N) is 1. The van der Waals surface area contributed by atoms with Crippen LogP contribution in [0.1, 0.15) is 45.4 Å². The molecule has 18 heavy (non-hydrogen) atoms. The topological polar surface area (TPSA) is 32.3 Å². The summed E-state index contributed by atoms with van der Waals surface area (Å²) in [6, 6.07) is 0. The lowest BCUT2D eigenvalue weighted by Crippen LogP contribution is -2.42. The summed E-state index contributed by atoms with van der Waals surface area (Å²) in [5, 5.41) is 3.50. The second-order valence-corrected chi connectivity index (χ2v) is 6.82. The highest BCUT2D eigenvalue weighted by Gasteiger charge is 2.40. The minimum Gasteiger partial charge on any atom is -0.342 e. The average Bonchev–Trinajstić information content (AvgIpc) is 2.95. The van der Waals surface area contributed by atoms with Gasteiger partial charge in [-0.3, -0.25) is 4.79 Å². The van der Waals surface area contributed by atoms with Gasteiger partial charge < -0.3 is 10.2 Å². The average molecular weight is 250 g/mol. The van der Waals surface area contributed by atoms with Gasteiger partial charge in [0.15, 0.2) is 0 Å². The van der Waals surface area contributed by atoms with Gasteiger partial charge in [-0.25, -0.2) is 0 Å². The van der Waals surface area contributed by atoms with Crippen LogP contribution in [0.2, 0.25) is 0 Å². The molecule has 0 aromatic heterocycles. The zero-order valence-corrected chi connectivity index (χ0v) is 11.6. The number of likely N-dealkylation sites (tertiary alicyclic amines) is 1. The third-order valence-corrected chi connectivity index (χ3v) is 5.53. The Kier molecular flexibility index (Phi) is 3.35. The van der Waals surface area contributed by atoms with E-state index in [1.54, 1.807) is 0 Å². The van der Waals surface area contributed by atoms with E-state index in [4.69, 9.17) is 0 Å². The first-order valence-electron chi connectivity index (χ1n) is 7.69. The number of fused-ring (bicyclic) bond motifs is 1. The van der Waals surface area contributed by atoms with Crippen molar-refractivity contribution in [3.05, 3.63) is 0 Å². The lowest BCUT2D eigenvalue weighted by molar-refractivity contribution is -0.141. The molecular formula is C15H26N2O. The molecule has 3 aliphatic rings. The van der Waals surface area contributed by atoms with Gasteiger partial charge >= 0.3 is 0 Å². The first-order valence-corrected chi connectivity index (χ1v) is 7.69. The maximum atomic E-state index is 12.7. The highest BCUT2D eigenvalue weighted by Crippen LogP contribution is 2.40. The number of rotatable bonds is 1. The van der Waals surface area contributed by atoms with Crippen LogP contribution < -0.4 is 5.32 Å². The Bertz CT molecular complexity index is 308. The van der Waals surface area contributed by atoms with Crippen LogP contribution in [0, 0.1) is 17.3 Å². The van der Waals surface area contributed by atoms with Gasteiger partial charge in [0.05, 0.1) is 0 Å². The SMILES string of the molecule is CC1(C(=O)N2CC[C@@H]3CNC[C@@H]3CC2)CCCC1. The molecule has 3 nitrogen and oxygen atoms in total. The second-order valence-electron chi connectivity index (χ2n) is 6.82. The lowest BCUT2D eigenvalue weighted by atomic mass is 9.87. The molecule has 0 bridgehead atoms. The minimum atomic E-state index is -0.0301. The standard InChI is InChI=1S/C15H26N2O/c1-15(6-2-3-7-15)14(18)17-8-4-12-10-16-11-13(12)5-9-17/h12-13,16H,2-11H2,1H3/t12-,13+. The predicted molar refractivity (Wildman–Crippen MR) is 72.2 cm³/mol. The maximum absolute atomic E-state index is 12.7. The summed E-state index contributed by atoms with van der Waals surface area (Å²) in [7, 11) is 0. The fourth-order valence-electron chi connectivity index (χ4n) is 4.17. The van der Waals surface area contributed by atoms with Crippen molar-refractivity contribution in [1.29, 1.82) is 0 Å². The number of hydrogen-bond acceptors (Lipinski definition) is 2. The lowest BCUT2D eigenvalue weighted by Gasteiger charge is -2.31. The van der Waals surface area contributed by atoms with Crippen molar-refractivity contribution in [1.82, 2.24) is 10.2 Å². The van der Waals surface area contributed by atoms with Crippen LogP contribution in [0.3, 0.4) is 0 Å². The van der Waals surface area contributed by atoms with Gasteiger partial charge in [0.25, 0.3) is 0 Å². The van der Waals surface area contributed by atoms with E-state index in [1.807, 2.05) is 0 Å². The summed E-state index contributed by atoms with van der Waals surface area (Å²) in [6.45, 7) is 6.53. The van der Waals surface area contributed by atoms with Crippen molar-refractivity contribution in [2.45, 2.75) is 45.4 Å². The number of carbonyl (C=O) groups is 1. The molecule has 1 aliphatic carbocycles. The molecule has 0 aromatic rings. The Morgan fingerprint density at radius 2 is 1.67 bits per heavy atom. The summed E-state index contributed by atoms with van der Waals surface area (Å²) in [5.41, 5.74) is -0.0301. The molecule has 0 unspecified atom stereocenters. The molecule has 2 aliphatic heterocycles. The molecule has 2 saturated heterocycles. The van der Waals surface area contributed by atoms with Crippen LogP contribution in [0.5, 0.6) is 0 Å². The number of carbonyl (C=O) groups excluding carboxylic acids is 1. The van der Waals surface area contributed by atoms with Gasteiger partial charge in [0.2, 0.25) is 5.91 Å². The molecule has 0 spiro atoms. The van der Waals surface area contributed by atoms with E-state index in [2.05, 4.69) is 17.1 Å². The Morgan fingerprint density at radius 1 is 1.11 bits per heavy atom. The fourth-order valence-corrected chi connectivity index (χ4v) is 4.17. The van der Waals surface area contributed by atoms with Crippen molar-refractivity contribution >= 4 is 5.91 Å². The number of amides is 1. The molecule has 0 radical (unpaired) electrons. The largest absolute Gasteiger partial charge is 0.342 e. The van der Waals surface area contributed by atoms with Crippen LogP contribution in [0.4, 0.5) is 0 Å². The van der Waals surface area contributed by atoms with E-state index in [0.717, 1.165) is 37.8 Å². The zero-order chi connectivity index (χ0) is 12.6. The van der Waals surface area contributed by atoms with Crippen molar-refractivity contribution in [2.75, 3.05) is 26.2 Å². The monoisotopic (exact) mass is 250 g/mol. The van der Waals surface area contributed by atoms with Crippen LogP contribution in [-0.4, -0.2) is 37.0 Å². The minimum absolute atomic E-state index is 0.0301. The molecule has 1 saturated carbocycles. The third kappa shape index (κ3) is 2.18. The first-order chi connectivity index (χ1) is 8.69. The number of hydrogen-bond donors (Lipinski definition) is 1. The molecule has 1 N–H and O–H groups in total. The van der Waals surface area contributed by atoms with E-state index in [1.165, 1.54) is 38.8 Å². The second kappa shape index (κ2) is 4.84. The maximum Gasteiger partial charge on any atom is 0.228 e. The molecule has 2 atom stereocenters. The number of nitrogens with zero attached hydrogens (tertiary/aromatic N) is 1. The van der Waals surface area contributed by atoms with Crippen molar-refractivity contribution in [3.8, 4) is 0 Å². The van der Waals surface area contributed by atoms with Crippen LogP contribution in [0.15, 0.2) is 0 Å². The van der Waals surface area contributed by atoms with Crippen molar-refractivity contribution in [3.63, 3.8) is 0 Å². The van der Waals surface area contributed by atoms with E-state index in [-0.39, 0.29) is 5.41 Å². The summed E-state index contributed by atoms with van der Waals surface area (Å²) < 4.78 is 0. The van der Waals surface area contributed by atoms with E-state index in [9.17, 15) is 4.79 Å². The quantitative estimate of drug-likeness (QED) is 0.772. The van der Waals surface area contributed by atoms with Crippen LogP contribution in [-0.2, 0) is 4.79 Å². The van der Waals surface area contributed by atoms with Gasteiger partial charge in [0.1, 0.15) is 0 Å². The van der Waals surface area contributed by atoms with Gasteiger partial charge in [-0.2, -0.15) is 0 Å². The van der Waals surface area contributed by atoms with Gasteiger partial charge in [-0.15, -0.1) is 0 Å². The molecule has 1 amide bonds. The van der Waals surface area contributed by atoms with Crippen molar-refractivity contribution in [2.24, 2.45) is 17.3 Å². The Hall–Kier alpha value is -0.570. The van der Waals surface area contributed by atoms with Gasteiger partial charge in [-0.1, -0.05) is 19.8 Å². The summed E-state index contributed by atoms with van der Waals surface area (Å²) in [4.78, 5) is 14.9. The van der Waals surface area contributed by atoms with E-state index in [0.29, 0.717) is 5.91 Å². The van der Waals surface area contributed by atoms with E-state index >= 15 is 0 Å². The summed E-state index contributed by atoms with van der Waals surface area (Å²) >= 11 is 0. The first kappa shape index (κ1) is 12.5. The molecule has 3 rings (SSSR count). The molecule has 3 fully saturated rings. The Balaban J connectivity index is 1.64. The highest BCUT2D eigenvalue weighted by atomic mass is 16.2. The molecule has 2 heterocycles. The molecule has 102 valence electrons. The third-order valence-electron chi connectivity index (χ3n) is 5.53. The van der Waals surface area contributed by atoms with Crippen molar-refractivity contribution < 1.29 is 4.79 Å². The summed E-state index contributed by atoms with van der Waals surface area (Å²) in [5.74, 6) is 2.09. The van der Waals surface area contributed by atoms with E-state index < -0.39 is 0 Å². The highest BCUT2D eigenvalue weighted by molar-refractivity contribution is 5.82. The Morgan fingerprint density at radius 3 is 2.22 bits per heavy atom. The van der Waals surface area contributed by atoms with Crippen LogP contribution >= 0.6 is 0 Å². The predicted octanol–water partition coefficient (Wildman–Crippen LogP) is 2.02. The molecule has 3 heteroatoms. The molecule has 0 aromatic carbocycles. The zero-order valence-electron chi connectivity index (χ0n) is 11.6. The normalized spacial score (nSPS) is 35.3. The molecular weight excluding hydrogens is 224 g/mol. The van der Waals surface area contributed by atoms with Crippen LogP contribution in [0.25, 0.3) is 0 Å². The summed E-state index contributed by atoms with van der Waals surface area (Å²) in [6.07, 6.45) is 7.11. The Labute approximate surface area is 110 Å². The fraction of sp³-hybridized carbons (Fsp3) is 0.933. The van der Waals surface area contributed by atoms with Gasteiger partial charge in [-0.05, 0) is 50.6 Å².